The Kier molecular flexibility index (Phi) is 7.69. The second kappa shape index (κ2) is 9.02. The van der Waals surface area contributed by atoms with E-state index in [2.05, 4.69) is 23.4 Å². The van der Waals surface area contributed by atoms with Crippen molar-refractivity contribution in [2.45, 2.75) is 44.7 Å². The molecule has 0 bridgehead atoms. The third kappa shape index (κ3) is 4.52. The summed E-state index contributed by atoms with van der Waals surface area (Å²) in [4.78, 5) is 14.9. The fourth-order valence-corrected chi connectivity index (χ4v) is 2.88. The standard InChI is InChI=1S/C14H24N2O3S/c1-5-18-8-11(3)14-15-7-13(20-6-2)16(14)12(4)9-19-10-17/h7,10-12H,5-6,8-9H2,1-4H3. The van der Waals surface area contributed by atoms with Crippen molar-refractivity contribution < 1.29 is 14.3 Å². The molecule has 0 N–H and O–H groups in total. The van der Waals surface area contributed by atoms with E-state index >= 15 is 0 Å². The largest absolute Gasteiger partial charge is 0.466 e. The van der Waals surface area contributed by atoms with Crippen LogP contribution in [-0.2, 0) is 14.3 Å². The monoisotopic (exact) mass is 300 g/mol. The van der Waals surface area contributed by atoms with Gasteiger partial charge in [0.2, 0.25) is 0 Å². The molecule has 2 atom stereocenters. The molecule has 0 spiro atoms. The van der Waals surface area contributed by atoms with Gasteiger partial charge in [-0.05, 0) is 19.6 Å². The van der Waals surface area contributed by atoms with Crippen LogP contribution in [0.5, 0.6) is 0 Å². The Morgan fingerprint density at radius 2 is 2.15 bits per heavy atom. The van der Waals surface area contributed by atoms with Crippen LogP contribution in [0.25, 0.3) is 0 Å². The molecule has 0 aliphatic heterocycles. The summed E-state index contributed by atoms with van der Waals surface area (Å²) in [5.41, 5.74) is 0. The fraction of sp³-hybridized carbons (Fsp3) is 0.714. The second-order valence-electron chi connectivity index (χ2n) is 4.60. The average molecular weight is 300 g/mol. The highest BCUT2D eigenvalue weighted by atomic mass is 32.2. The number of carbonyl (C=O) groups excluding carboxylic acids is 1. The van der Waals surface area contributed by atoms with Crippen LogP contribution >= 0.6 is 11.8 Å². The first-order chi connectivity index (χ1) is 9.65. The van der Waals surface area contributed by atoms with Crippen molar-refractivity contribution in [1.82, 2.24) is 9.55 Å². The predicted molar refractivity (Wildman–Crippen MR) is 80.3 cm³/mol. The Bertz CT molecular complexity index is 409. The summed E-state index contributed by atoms with van der Waals surface area (Å²) in [6.45, 7) is 10.4. The molecular formula is C14H24N2O3S. The Morgan fingerprint density at radius 1 is 1.40 bits per heavy atom. The highest BCUT2D eigenvalue weighted by Crippen LogP contribution is 2.27. The van der Waals surface area contributed by atoms with E-state index in [-0.39, 0.29) is 12.0 Å². The molecule has 1 aromatic rings. The first kappa shape index (κ1) is 17.0. The van der Waals surface area contributed by atoms with Crippen LogP contribution in [0.3, 0.4) is 0 Å². The summed E-state index contributed by atoms with van der Waals surface area (Å²) in [6, 6.07) is 0.0656. The van der Waals surface area contributed by atoms with E-state index in [0.29, 0.717) is 26.3 Å². The molecule has 0 fully saturated rings. The number of rotatable bonds is 10. The molecule has 1 aromatic heterocycles. The summed E-state index contributed by atoms with van der Waals surface area (Å²) < 4.78 is 12.5. The Labute approximate surface area is 125 Å². The van der Waals surface area contributed by atoms with Gasteiger partial charge in [-0.2, -0.15) is 0 Å². The molecule has 20 heavy (non-hydrogen) atoms. The molecule has 0 aliphatic rings. The molecule has 0 aromatic carbocycles. The minimum Gasteiger partial charge on any atom is -0.466 e. The smallest absolute Gasteiger partial charge is 0.293 e. The molecule has 0 radical (unpaired) electrons. The summed E-state index contributed by atoms with van der Waals surface area (Å²) in [6.07, 6.45) is 1.89. The van der Waals surface area contributed by atoms with Crippen molar-refractivity contribution in [2.24, 2.45) is 0 Å². The summed E-state index contributed by atoms with van der Waals surface area (Å²) in [5, 5.41) is 1.10. The predicted octanol–water partition coefficient (Wildman–Crippen LogP) is 2.87. The van der Waals surface area contributed by atoms with Gasteiger partial charge in [-0.1, -0.05) is 13.8 Å². The number of hydrogen-bond acceptors (Lipinski definition) is 5. The first-order valence-electron chi connectivity index (χ1n) is 6.98. The van der Waals surface area contributed by atoms with Crippen molar-refractivity contribution in [3.8, 4) is 0 Å². The maximum Gasteiger partial charge on any atom is 0.293 e. The van der Waals surface area contributed by atoms with Crippen LogP contribution in [0.15, 0.2) is 11.2 Å². The Balaban J connectivity index is 2.94. The SMILES string of the molecule is CCOCC(C)c1ncc(SCC)n1C(C)COC=O. The third-order valence-corrected chi connectivity index (χ3v) is 3.83. The quantitative estimate of drug-likeness (QED) is 0.491. The highest BCUT2D eigenvalue weighted by molar-refractivity contribution is 7.99. The summed E-state index contributed by atoms with van der Waals surface area (Å²) >= 11 is 1.74. The lowest BCUT2D eigenvalue weighted by Crippen LogP contribution is -2.19. The summed E-state index contributed by atoms with van der Waals surface area (Å²) in [7, 11) is 0. The van der Waals surface area contributed by atoms with Crippen molar-refractivity contribution in [3.63, 3.8) is 0 Å². The number of hydrogen-bond donors (Lipinski definition) is 0. The summed E-state index contributed by atoms with van der Waals surface area (Å²) in [5.74, 6) is 2.17. The lowest BCUT2D eigenvalue weighted by atomic mass is 10.1. The van der Waals surface area contributed by atoms with Crippen LogP contribution in [-0.4, -0.2) is 41.6 Å². The zero-order valence-corrected chi connectivity index (χ0v) is 13.5. The van der Waals surface area contributed by atoms with Gasteiger partial charge in [0.25, 0.3) is 6.47 Å². The van der Waals surface area contributed by atoms with Crippen molar-refractivity contribution in [1.29, 1.82) is 0 Å². The number of carbonyl (C=O) groups is 1. The van der Waals surface area contributed by atoms with Gasteiger partial charge in [0.1, 0.15) is 12.4 Å². The molecule has 2 unspecified atom stereocenters. The average Bonchev–Trinajstić information content (AvgIpc) is 2.86. The molecule has 0 aliphatic carbocycles. The third-order valence-electron chi connectivity index (χ3n) is 2.94. The molecule has 6 heteroatoms. The van der Waals surface area contributed by atoms with E-state index < -0.39 is 0 Å². The Morgan fingerprint density at radius 3 is 2.75 bits per heavy atom. The topological polar surface area (TPSA) is 53.4 Å². The number of nitrogens with zero attached hydrogens (tertiary/aromatic N) is 2. The fourth-order valence-electron chi connectivity index (χ4n) is 2.04. The maximum atomic E-state index is 10.4. The minimum absolute atomic E-state index is 0.0656. The van der Waals surface area contributed by atoms with E-state index in [1.807, 2.05) is 20.0 Å². The van der Waals surface area contributed by atoms with Crippen LogP contribution in [0.4, 0.5) is 0 Å². The first-order valence-corrected chi connectivity index (χ1v) is 7.97. The zero-order valence-electron chi connectivity index (χ0n) is 12.7. The number of aromatic nitrogens is 2. The molecule has 0 saturated carbocycles. The molecule has 5 nitrogen and oxygen atoms in total. The number of thioether (sulfide) groups is 1. The van der Waals surface area contributed by atoms with Gasteiger partial charge in [-0.15, -0.1) is 11.8 Å². The lowest BCUT2D eigenvalue weighted by Gasteiger charge is -2.21. The second-order valence-corrected chi connectivity index (χ2v) is 5.88. The van der Waals surface area contributed by atoms with Gasteiger partial charge in [-0.3, -0.25) is 4.79 Å². The van der Waals surface area contributed by atoms with Crippen LogP contribution in [0.1, 0.15) is 45.5 Å². The molecule has 114 valence electrons. The van der Waals surface area contributed by atoms with Crippen LogP contribution in [0.2, 0.25) is 0 Å². The van der Waals surface area contributed by atoms with Crippen molar-refractivity contribution >= 4 is 18.2 Å². The van der Waals surface area contributed by atoms with Gasteiger partial charge in [0.05, 0.1) is 23.9 Å². The zero-order chi connectivity index (χ0) is 15.0. The molecule has 0 saturated heterocycles. The highest BCUT2D eigenvalue weighted by Gasteiger charge is 2.20. The van der Waals surface area contributed by atoms with E-state index in [1.54, 1.807) is 11.8 Å². The molecule has 1 rings (SSSR count). The van der Waals surface area contributed by atoms with Crippen molar-refractivity contribution in [2.75, 3.05) is 25.6 Å². The van der Waals surface area contributed by atoms with E-state index in [1.165, 1.54) is 0 Å². The maximum absolute atomic E-state index is 10.4. The Hall–Kier alpha value is -1.01. The minimum atomic E-state index is 0.0656. The van der Waals surface area contributed by atoms with E-state index in [0.717, 1.165) is 16.6 Å². The van der Waals surface area contributed by atoms with Crippen LogP contribution < -0.4 is 0 Å². The van der Waals surface area contributed by atoms with Gasteiger partial charge >= 0.3 is 0 Å². The van der Waals surface area contributed by atoms with Crippen molar-refractivity contribution in [3.05, 3.63) is 12.0 Å². The van der Waals surface area contributed by atoms with Gasteiger partial charge in [0.15, 0.2) is 0 Å². The van der Waals surface area contributed by atoms with E-state index in [4.69, 9.17) is 9.47 Å². The molecule has 0 amide bonds. The number of ether oxygens (including phenoxy) is 2. The normalized spacial score (nSPS) is 14.0. The van der Waals surface area contributed by atoms with E-state index in [9.17, 15) is 4.79 Å². The number of imidazole rings is 1. The molecular weight excluding hydrogens is 276 g/mol. The van der Waals surface area contributed by atoms with Gasteiger partial charge in [-0.25, -0.2) is 4.98 Å². The van der Waals surface area contributed by atoms with Gasteiger partial charge in [0, 0.05) is 12.5 Å². The van der Waals surface area contributed by atoms with Crippen LogP contribution in [0, 0.1) is 0 Å². The lowest BCUT2D eigenvalue weighted by molar-refractivity contribution is -0.129. The molecule has 1 heterocycles. The van der Waals surface area contributed by atoms with Gasteiger partial charge < -0.3 is 14.0 Å².